The van der Waals surface area contributed by atoms with Crippen LogP contribution in [0.3, 0.4) is 0 Å². The summed E-state index contributed by atoms with van der Waals surface area (Å²) in [6.45, 7) is 10.3. The summed E-state index contributed by atoms with van der Waals surface area (Å²) in [5.74, 6) is 0.879. The zero-order valence-corrected chi connectivity index (χ0v) is 13.8. The second kappa shape index (κ2) is 8.75. The zero-order chi connectivity index (χ0) is 14.2. The Morgan fingerprint density at radius 1 is 1.30 bits per heavy atom. The van der Waals surface area contributed by atoms with Crippen LogP contribution in [0.25, 0.3) is 0 Å². The lowest BCUT2D eigenvalue weighted by molar-refractivity contribution is 0.174. The summed E-state index contributed by atoms with van der Waals surface area (Å²) in [4.78, 5) is 7.31. The molecule has 0 spiro atoms. The van der Waals surface area contributed by atoms with Crippen LogP contribution in [0.15, 0.2) is 5.38 Å². The molecule has 0 saturated carbocycles. The molecule has 1 N–H and O–H groups in total. The van der Waals surface area contributed by atoms with Crippen LogP contribution in [0.5, 0.6) is 0 Å². The highest BCUT2D eigenvalue weighted by molar-refractivity contribution is 7.09. The summed E-state index contributed by atoms with van der Waals surface area (Å²) in [5.41, 5.74) is 1.28. The largest absolute Gasteiger partial charge is 0.316 e. The van der Waals surface area contributed by atoms with Gasteiger partial charge in [0.25, 0.3) is 0 Å². The number of hydrogen-bond acceptors (Lipinski definition) is 4. The van der Waals surface area contributed by atoms with Gasteiger partial charge in [0.1, 0.15) is 0 Å². The SMILES string of the molecule is CCCNCC1CCN(Cc2csc(CCC)n2)CC1. The first-order valence-electron chi connectivity index (χ1n) is 8.18. The molecule has 1 aromatic heterocycles. The van der Waals surface area contributed by atoms with Gasteiger partial charge < -0.3 is 5.32 Å². The fourth-order valence-corrected chi connectivity index (χ4v) is 3.70. The lowest BCUT2D eigenvalue weighted by Gasteiger charge is -2.31. The van der Waals surface area contributed by atoms with Gasteiger partial charge in [-0.1, -0.05) is 13.8 Å². The minimum atomic E-state index is 0.879. The van der Waals surface area contributed by atoms with Crippen molar-refractivity contribution >= 4 is 11.3 Å². The molecular weight excluding hydrogens is 266 g/mol. The lowest BCUT2D eigenvalue weighted by atomic mass is 9.96. The molecule has 0 aliphatic carbocycles. The summed E-state index contributed by atoms with van der Waals surface area (Å²) in [6.07, 6.45) is 6.24. The van der Waals surface area contributed by atoms with Gasteiger partial charge >= 0.3 is 0 Å². The van der Waals surface area contributed by atoms with E-state index in [-0.39, 0.29) is 0 Å². The molecule has 0 amide bonds. The Kier molecular flexibility index (Phi) is 6.97. The molecule has 114 valence electrons. The van der Waals surface area contributed by atoms with E-state index in [2.05, 4.69) is 29.4 Å². The van der Waals surface area contributed by atoms with Gasteiger partial charge in [-0.3, -0.25) is 4.90 Å². The van der Waals surface area contributed by atoms with Gasteiger partial charge in [-0.05, 0) is 64.2 Å². The van der Waals surface area contributed by atoms with Crippen molar-refractivity contribution in [3.05, 3.63) is 16.1 Å². The summed E-state index contributed by atoms with van der Waals surface area (Å²) in [7, 11) is 0. The highest BCUT2D eigenvalue weighted by atomic mass is 32.1. The van der Waals surface area contributed by atoms with Gasteiger partial charge in [-0.2, -0.15) is 0 Å². The standard InChI is InChI=1S/C16H29N3S/c1-3-5-16-18-15(13-20-16)12-19-9-6-14(7-10-19)11-17-8-4-2/h13-14,17H,3-12H2,1-2H3. The van der Waals surface area contributed by atoms with Gasteiger partial charge in [-0.15, -0.1) is 11.3 Å². The third kappa shape index (κ3) is 5.15. The molecule has 2 rings (SSSR count). The molecule has 1 saturated heterocycles. The van der Waals surface area contributed by atoms with E-state index < -0.39 is 0 Å². The summed E-state index contributed by atoms with van der Waals surface area (Å²) in [5, 5.41) is 7.11. The van der Waals surface area contributed by atoms with Crippen LogP contribution < -0.4 is 5.32 Å². The molecule has 1 aliphatic heterocycles. The fourth-order valence-electron chi connectivity index (χ4n) is 2.81. The highest BCUT2D eigenvalue weighted by Gasteiger charge is 2.19. The molecule has 1 fully saturated rings. The number of likely N-dealkylation sites (tertiary alicyclic amines) is 1. The second-order valence-corrected chi connectivity index (χ2v) is 6.85. The van der Waals surface area contributed by atoms with Crippen molar-refractivity contribution in [1.29, 1.82) is 0 Å². The van der Waals surface area contributed by atoms with Crippen LogP contribution in [-0.2, 0) is 13.0 Å². The zero-order valence-electron chi connectivity index (χ0n) is 13.0. The number of rotatable bonds is 8. The van der Waals surface area contributed by atoms with Gasteiger partial charge in [-0.25, -0.2) is 4.98 Å². The highest BCUT2D eigenvalue weighted by Crippen LogP contribution is 2.19. The molecule has 3 nitrogen and oxygen atoms in total. The monoisotopic (exact) mass is 295 g/mol. The van der Waals surface area contributed by atoms with E-state index in [0.29, 0.717) is 0 Å². The average Bonchev–Trinajstić information content (AvgIpc) is 2.89. The molecule has 4 heteroatoms. The van der Waals surface area contributed by atoms with Crippen LogP contribution in [-0.4, -0.2) is 36.1 Å². The van der Waals surface area contributed by atoms with E-state index in [1.807, 2.05) is 11.3 Å². The molecule has 0 bridgehead atoms. The van der Waals surface area contributed by atoms with Crippen LogP contribution >= 0.6 is 11.3 Å². The second-order valence-electron chi connectivity index (χ2n) is 5.91. The number of hydrogen-bond donors (Lipinski definition) is 1. The quantitative estimate of drug-likeness (QED) is 0.746. The first kappa shape index (κ1) is 15.9. The maximum absolute atomic E-state index is 4.74. The maximum Gasteiger partial charge on any atom is 0.0928 e. The third-order valence-electron chi connectivity index (χ3n) is 4.02. The van der Waals surface area contributed by atoms with Crippen LogP contribution in [0.4, 0.5) is 0 Å². The van der Waals surface area contributed by atoms with Crippen molar-refractivity contribution in [3.8, 4) is 0 Å². The first-order chi connectivity index (χ1) is 9.81. The molecule has 1 aliphatic rings. The van der Waals surface area contributed by atoms with E-state index in [0.717, 1.165) is 18.9 Å². The number of thiazole rings is 1. The van der Waals surface area contributed by atoms with E-state index in [4.69, 9.17) is 4.98 Å². The average molecular weight is 295 g/mol. The summed E-state index contributed by atoms with van der Waals surface area (Å²) < 4.78 is 0. The van der Waals surface area contributed by atoms with Crippen molar-refractivity contribution in [3.63, 3.8) is 0 Å². The molecule has 1 aromatic rings. The Morgan fingerprint density at radius 3 is 2.80 bits per heavy atom. The topological polar surface area (TPSA) is 28.2 Å². The Balaban J connectivity index is 1.68. The lowest BCUT2D eigenvalue weighted by Crippen LogP contribution is -2.37. The molecule has 0 unspecified atom stereocenters. The maximum atomic E-state index is 4.74. The molecule has 2 heterocycles. The van der Waals surface area contributed by atoms with Gasteiger partial charge in [0, 0.05) is 11.9 Å². The molecule has 0 aromatic carbocycles. The molecule has 0 atom stereocenters. The van der Waals surface area contributed by atoms with E-state index in [1.54, 1.807) is 0 Å². The Morgan fingerprint density at radius 2 is 2.10 bits per heavy atom. The number of aromatic nitrogens is 1. The smallest absolute Gasteiger partial charge is 0.0928 e. The van der Waals surface area contributed by atoms with Crippen LogP contribution in [0, 0.1) is 5.92 Å². The van der Waals surface area contributed by atoms with Crippen molar-refractivity contribution in [2.75, 3.05) is 26.2 Å². The minimum absolute atomic E-state index is 0.879. The third-order valence-corrected chi connectivity index (χ3v) is 4.97. The van der Waals surface area contributed by atoms with Crippen LogP contribution in [0.2, 0.25) is 0 Å². The van der Waals surface area contributed by atoms with Gasteiger partial charge in [0.05, 0.1) is 10.7 Å². The Hall–Kier alpha value is -0.450. The summed E-state index contributed by atoms with van der Waals surface area (Å²) >= 11 is 1.83. The minimum Gasteiger partial charge on any atom is -0.316 e. The Bertz CT molecular complexity index is 370. The van der Waals surface area contributed by atoms with Gasteiger partial charge in [0.2, 0.25) is 0 Å². The number of aryl methyl sites for hydroxylation is 1. The normalized spacial score (nSPS) is 17.7. The van der Waals surface area contributed by atoms with Crippen molar-refractivity contribution in [1.82, 2.24) is 15.2 Å². The summed E-state index contributed by atoms with van der Waals surface area (Å²) in [6, 6.07) is 0. The van der Waals surface area contributed by atoms with E-state index >= 15 is 0 Å². The van der Waals surface area contributed by atoms with Crippen LogP contribution in [0.1, 0.15) is 50.2 Å². The van der Waals surface area contributed by atoms with Crippen molar-refractivity contribution in [2.24, 2.45) is 5.92 Å². The number of nitrogens with one attached hydrogen (secondary N) is 1. The molecule has 0 radical (unpaired) electrons. The predicted octanol–water partition coefficient (Wildman–Crippen LogP) is 3.31. The Labute approximate surface area is 127 Å². The van der Waals surface area contributed by atoms with Crippen molar-refractivity contribution in [2.45, 2.75) is 52.5 Å². The molecule has 20 heavy (non-hydrogen) atoms. The molecular formula is C16H29N3S. The van der Waals surface area contributed by atoms with E-state index in [1.165, 1.54) is 62.6 Å². The van der Waals surface area contributed by atoms with E-state index in [9.17, 15) is 0 Å². The van der Waals surface area contributed by atoms with Gasteiger partial charge in [0.15, 0.2) is 0 Å². The first-order valence-corrected chi connectivity index (χ1v) is 9.06. The fraction of sp³-hybridized carbons (Fsp3) is 0.812. The number of nitrogens with zero attached hydrogens (tertiary/aromatic N) is 2. The predicted molar refractivity (Wildman–Crippen MR) is 87.3 cm³/mol. The number of piperidine rings is 1. The van der Waals surface area contributed by atoms with Crippen molar-refractivity contribution < 1.29 is 0 Å².